The predicted octanol–water partition coefficient (Wildman–Crippen LogP) is 1.15. The summed E-state index contributed by atoms with van der Waals surface area (Å²) in [6.45, 7) is 4.80. The number of aryl methyl sites for hydroxylation is 2. The molecule has 2 heterocycles. The minimum atomic E-state index is 0.835. The lowest BCUT2D eigenvalue weighted by Crippen LogP contribution is -1.98. The Morgan fingerprint density at radius 1 is 1.42 bits per heavy atom. The molecular weight excluding hydrogens is 152 g/mol. The zero-order chi connectivity index (χ0) is 8.55. The Balaban J connectivity index is 2.75. The van der Waals surface area contributed by atoms with Crippen molar-refractivity contribution >= 4 is 11.2 Å². The lowest BCUT2D eigenvalue weighted by molar-refractivity contribution is 0.676. The van der Waals surface area contributed by atoms with Crippen molar-refractivity contribution < 1.29 is 0 Å². The van der Waals surface area contributed by atoms with E-state index in [4.69, 9.17) is 0 Å². The number of aromatic nitrogens is 4. The summed E-state index contributed by atoms with van der Waals surface area (Å²) in [5.74, 6) is 0. The average Bonchev–Trinajstić information content (AvgIpc) is 2.46. The first-order valence-corrected chi connectivity index (χ1v) is 3.96. The first-order chi connectivity index (χ1) is 5.81. The molecule has 0 aromatic carbocycles. The van der Waals surface area contributed by atoms with Gasteiger partial charge in [0.1, 0.15) is 5.52 Å². The molecule has 2 aromatic rings. The number of fused-ring (bicyclic) bond motifs is 1. The molecule has 0 N–H and O–H groups in total. The second-order valence-electron chi connectivity index (χ2n) is 2.68. The molecule has 2 rings (SSSR count). The van der Waals surface area contributed by atoms with Gasteiger partial charge in [0, 0.05) is 12.7 Å². The van der Waals surface area contributed by atoms with Gasteiger partial charge in [-0.15, -0.1) is 0 Å². The van der Waals surface area contributed by atoms with E-state index in [1.165, 1.54) is 0 Å². The molecule has 0 aliphatic rings. The molecule has 0 spiro atoms. The first kappa shape index (κ1) is 7.21. The highest BCUT2D eigenvalue weighted by Gasteiger charge is 2.02. The van der Waals surface area contributed by atoms with Gasteiger partial charge in [0.05, 0.1) is 11.9 Å². The van der Waals surface area contributed by atoms with E-state index in [2.05, 4.69) is 15.1 Å². The molecule has 4 heteroatoms. The number of nitrogens with zero attached hydrogens (tertiary/aromatic N) is 4. The molecule has 0 amide bonds. The standard InChI is InChI=1S/C8H10N4/c1-3-12-8-7(5-10-12)9-4-6(2)11-8/h4-5H,3H2,1-2H3. The first-order valence-electron chi connectivity index (χ1n) is 3.96. The Labute approximate surface area is 70.3 Å². The van der Waals surface area contributed by atoms with E-state index in [1.54, 1.807) is 12.4 Å². The molecule has 62 valence electrons. The highest BCUT2D eigenvalue weighted by molar-refractivity contribution is 5.68. The number of rotatable bonds is 1. The lowest BCUT2D eigenvalue weighted by atomic mass is 10.5. The van der Waals surface area contributed by atoms with E-state index in [1.807, 2.05) is 18.5 Å². The van der Waals surface area contributed by atoms with Crippen molar-refractivity contribution in [3.63, 3.8) is 0 Å². The van der Waals surface area contributed by atoms with Gasteiger partial charge in [0.15, 0.2) is 5.65 Å². The normalized spacial score (nSPS) is 10.8. The van der Waals surface area contributed by atoms with Crippen LogP contribution in [0.15, 0.2) is 12.4 Å². The van der Waals surface area contributed by atoms with E-state index in [0.29, 0.717) is 0 Å². The van der Waals surface area contributed by atoms with Crippen molar-refractivity contribution in [1.82, 2.24) is 19.7 Å². The smallest absolute Gasteiger partial charge is 0.177 e. The molecule has 0 atom stereocenters. The van der Waals surface area contributed by atoms with Crippen LogP contribution in [-0.2, 0) is 6.54 Å². The molecule has 0 aliphatic carbocycles. The van der Waals surface area contributed by atoms with Crippen LogP contribution in [0.4, 0.5) is 0 Å². The molecule has 0 bridgehead atoms. The van der Waals surface area contributed by atoms with Crippen LogP contribution in [0.2, 0.25) is 0 Å². The summed E-state index contributed by atoms with van der Waals surface area (Å²) < 4.78 is 1.84. The summed E-state index contributed by atoms with van der Waals surface area (Å²) in [5, 5.41) is 4.15. The van der Waals surface area contributed by atoms with Gasteiger partial charge in [-0.05, 0) is 13.8 Å². The molecular formula is C8H10N4. The van der Waals surface area contributed by atoms with Crippen LogP contribution < -0.4 is 0 Å². The molecule has 12 heavy (non-hydrogen) atoms. The molecule has 2 aromatic heterocycles. The van der Waals surface area contributed by atoms with E-state index in [9.17, 15) is 0 Å². The molecule has 0 unspecified atom stereocenters. The van der Waals surface area contributed by atoms with Crippen LogP contribution >= 0.6 is 0 Å². The van der Waals surface area contributed by atoms with Gasteiger partial charge in [-0.1, -0.05) is 0 Å². The summed E-state index contributed by atoms with van der Waals surface area (Å²) in [7, 11) is 0. The van der Waals surface area contributed by atoms with Crippen LogP contribution in [0.3, 0.4) is 0 Å². The highest BCUT2D eigenvalue weighted by atomic mass is 15.3. The van der Waals surface area contributed by atoms with Crippen LogP contribution in [0.1, 0.15) is 12.6 Å². The fraction of sp³-hybridized carbons (Fsp3) is 0.375. The van der Waals surface area contributed by atoms with Crippen molar-refractivity contribution in [1.29, 1.82) is 0 Å². The zero-order valence-corrected chi connectivity index (χ0v) is 7.15. The Bertz CT molecular complexity index is 404. The minimum absolute atomic E-state index is 0.835. The van der Waals surface area contributed by atoms with Crippen LogP contribution in [-0.4, -0.2) is 19.7 Å². The Morgan fingerprint density at radius 3 is 3.00 bits per heavy atom. The fourth-order valence-corrected chi connectivity index (χ4v) is 1.17. The van der Waals surface area contributed by atoms with Gasteiger partial charge >= 0.3 is 0 Å². The maximum Gasteiger partial charge on any atom is 0.177 e. The molecule has 0 saturated heterocycles. The lowest BCUT2D eigenvalue weighted by Gasteiger charge is -1.96. The predicted molar refractivity (Wildman–Crippen MR) is 45.7 cm³/mol. The third-order valence-electron chi connectivity index (χ3n) is 1.77. The van der Waals surface area contributed by atoms with Crippen LogP contribution in [0, 0.1) is 6.92 Å². The number of hydrogen-bond donors (Lipinski definition) is 0. The van der Waals surface area contributed by atoms with Gasteiger partial charge in [0.2, 0.25) is 0 Å². The SMILES string of the molecule is CCn1ncc2ncc(C)nc21. The van der Waals surface area contributed by atoms with E-state index < -0.39 is 0 Å². The molecule has 0 radical (unpaired) electrons. The van der Waals surface area contributed by atoms with E-state index in [-0.39, 0.29) is 0 Å². The maximum absolute atomic E-state index is 4.34. The molecule has 0 fully saturated rings. The van der Waals surface area contributed by atoms with E-state index >= 15 is 0 Å². The third-order valence-corrected chi connectivity index (χ3v) is 1.77. The summed E-state index contributed by atoms with van der Waals surface area (Å²) in [5.41, 5.74) is 2.66. The van der Waals surface area contributed by atoms with Gasteiger partial charge in [-0.25, -0.2) is 14.6 Å². The largest absolute Gasteiger partial charge is 0.249 e. The van der Waals surface area contributed by atoms with Crippen molar-refractivity contribution in [3.05, 3.63) is 18.1 Å². The van der Waals surface area contributed by atoms with Gasteiger partial charge in [0.25, 0.3) is 0 Å². The second-order valence-corrected chi connectivity index (χ2v) is 2.68. The van der Waals surface area contributed by atoms with Gasteiger partial charge < -0.3 is 0 Å². The molecule has 0 saturated carbocycles. The second kappa shape index (κ2) is 2.55. The maximum atomic E-state index is 4.34. The van der Waals surface area contributed by atoms with Crippen LogP contribution in [0.25, 0.3) is 11.2 Å². The summed E-state index contributed by atoms with van der Waals surface area (Å²) in [4.78, 5) is 8.55. The van der Waals surface area contributed by atoms with Crippen molar-refractivity contribution in [2.75, 3.05) is 0 Å². The highest BCUT2D eigenvalue weighted by Crippen LogP contribution is 2.07. The average molecular weight is 162 g/mol. The third kappa shape index (κ3) is 0.958. The zero-order valence-electron chi connectivity index (χ0n) is 7.15. The fourth-order valence-electron chi connectivity index (χ4n) is 1.17. The number of hydrogen-bond acceptors (Lipinski definition) is 3. The Morgan fingerprint density at radius 2 is 2.25 bits per heavy atom. The van der Waals surface area contributed by atoms with Crippen molar-refractivity contribution in [3.8, 4) is 0 Å². The summed E-state index contributed by atoms with van der Waals surface area (Å²) in [6.07, 6.45) is 3.50. The van der Waals surface area contributed by atoms with Gasteiger partial charge in [-0.3, -0.25) is 0 Å². The van der Waals surface area contributed by atoms with E-state index in [0.717, 1.165) is 23.4 Å². The topological polar surface area (TPSA) is 43.6 Å². The Kier molecular flexibility index (Phi) is 1.53. The minimum Gasteiger partial charge on any atom is -0.249 e. The van der Waals surface area contributed by atoms with Crippen LogP contribution in [0.5, 0.6) is 0 Å². The summed E-state index contributed by atoms with van der Waals surface area (Å²) in [6, 6.07) is 0. The monoisotopic (exact) mass is 162 g/mol. The Hall–Kier alpha value is -1.45. The van der Waals surface area contributed by atoms with Gasteiger partial charge in [-0.2, -0.15) is 5.10 Å². The van der Waals surface area contributed by atoms with Crippen molar-refractivity contribution in [2.45, 2.75) is 20.4 Å². The van der Waals surface area contributed by atoms with Crippen molar-refractivity contribution in [2.24, 2.45) is 0 Å². The quantitative estimate of drug-likeness (QED) is 0.631. The summed E-state index contributed by atoms with van der Waals surface area (Å²) >= 11 is 0. The molecule has 0 aliphatic heterocycles. The molecule has 4 nitrogen and oxygen atoms in total.